The monoisotopic (exact) mass is 478 g/mol. The van der Waals surface area contributed by atoms with E-state index >= 15 is 0 Å². The molecule has 2 unspecified atom stereocenters. The average molecular weight is 479 g/mol. The highest BCUT2D eigenvalue weighted by atomic mass is 19.4. The fraction of sp³-hybridized carbons (Fsp3) is 0.600. The van der Waals surface area contributed by atoms with Crippen molar-refractivity contribution < 1.29 is 22.3 Å². The van der Waals surface area contributed by atoms with Gasteiger partial charge in [0.05, 0.1) is 5.69 Å². The SMILES string of the molecule is Cc1cc(F)ccc1-c1cc(C(F)(F)F)c(NC2CC3CN(CC4CCOCC4)CC3C2)nn1. The van der Waals surface area contributed by atoms with Gasteiger partial charge in [0, 0.05) is 44.5 Å². The first-order valence-corrected chi connectivity index (χ1v) is 12.0. The van der Waals surface area contributed by atoms with Gasteiger partial charge in [-0.25, -0.2) is 4.39 Å². The molecule has 3 heterocycles. The normalized spacial score (nSPS) is 26.1. The van der Waals surface area contributed by atoms with Crippen LogP contribution in [0.1, 0.15) is 36.8 Å². The van der Waals surface area contributed by atoms with Crippen molar-refractivity contribution in [3.63, 3.8) is 0 Å². The van der Waals surface area contributed by atoms with Gasteiger partial charge in [-0.2, -0.15) is 13.2 Å². The lowest BCUT2D eigenvalue weighted by Gasteiger charge is -2.28. The first kappa shape index (κ1) is 23.5. The minimum Gasteiger partial charge on any atom is -0.381 e. The summed E-state index contributed by atoms with van der Waals surface area (Å²) < 4.78 is 60.6. The lowest BCUT2D eigenvalue weighted by Crippen LogP contribution is -2.32. The Kier molecular flexibility index (Phi) is 6.50. The van der Waals surface area contributed by atoms with Gasteiger partial charge in [-0.05, 0) is 80.2 Å². The summed E-state index contributed by atoms with van der Waals surface area (Å²) in [7, 11) is 0. The summed E-state index contributed by atoms with van der Waals surface area (Å²) in [6, 6.07) is 4.90. The number of ether oxygens (including phenoxy) is 1. The maximum atomic E-state index is 13.9. The van der Waals surface area contributed by atoms with Crippen LogP contribution in [0.3, 0.4) is 0 Å². The van der Waals surface area contributed by atoms with Gasteiger partial charge in [-0.15, -0.1) is 10.2 Å². The van der Waals surface area contributed by atoms with E-state index in [-0.39, 0.29) is 17.6 Å². The van der Waals surface area contributed by atoms with Gasteiger partial charge < -0.3 is 15.0 Å². The molecule has 2 aromatic rings. The molecule has 5 nitrogen and oxygen atoms in total. The van der Waals surface area contributed by atoms with Crippen molar-refractivity contribution >= 4 is 5.82 Å². The number of aryl methyl sites for hydroxylation is 1. The van der Waals surface area contributed by atoms with Crippen molar-refractivity contribution in [3.8, 4) is 11.3 Å². The van der Waals surface area contributed by atoms with Crippen LogP contribution in [0.5, 0.6) is 0 Å². The molecular formula is C25H30F4N4O. The second kappa shape index (κ2) is 9.41. The summed E-state index contributed by atoms with van der Waals surface area (Å²) in [5.41, 5.74) is 0.199. The zero-order chi connectivity index (χ0) is 23.9. The van der Waals surface area contributed by atoms with Crippen LogP contribution in [0, 0.1) is 30.5 Å². The van der Waals surface area contributed by atoms with Gasteiger partial charge in [0.2, 0.25) is 0 Å². The Bertz CT molecular complexity index is 1010. The van der Waals surface area contributed by atoms with E-state index in [4.69, 9.17) is 4.74 Å². The highest BCUT2D eigenvalue weighted by molar-refractivity contribution is 5.65. The third-order valence-electron chi connectivity index (χ3n) is 7.59. The summed E-state index contributed by atoms with van der Waals surface area (Å²) in [5, 5.41) is 11.0. The summed E-state index contributed by atoms with van der Waals surface area (Å²) in [6.45, 7) is 6.46. The number of anilines is 1. The molecule has 3 aliphatic rings. The topological polar surface area (TPSA) is 50.3 Å². The maximum absolute atomic E-state index is 13.9. The van der Waals surface area contributed by atoms with Crippen LogP contribution >= 0.6 is 0 Å². The molecule has 1 aromatic heterocycles. The smallest absolute Gasteiger partial charge is 0.381 e. The van der Waals surface area contributed by atoms with Gasteiger partial charge >= 0.3 is 6.18 Å². The molecule has 2 saturated heterocycles. The Labute approximate surface area is 196 Å². The minimum atomic E-state index is -4.57. The van der Waals surface area contributed by atoms with Crippen LogP contribution in [-0.4, -0.2) is 54.0 Å². The van der Waals surface area contributed by atoms with Crippen molar-refractivity contribution in [1.29, 1.82) is 0 Å². The zero-order valence-corrected chi connectivity index (χ0v) is 19.2. The summed E-state index contributed by atoms with van der Waals surface area (Å²) >= 11 is 0. The Morgan fingerprint density at radius 2 is 1.76 bits per heavy atom. The predicted octanol–water partition coefficient (Wildman–Crippen LogP) is 5.16. The Morgan fingerprint density at radius 3 is 2.41 bits per heavy atom. The molecule has 3 fully saturated rings. The van der Waals surface area contributed by atoms with Crippen molar-refractivity contribution in [1.82, 2.24) is 15.1 Å². The molecule has 1 aromatic carbocycles. The fourth-order valence-corrected chi connectivity index (χ4v) is 5.91. The second-order valence-corrected chi connectivity index (χ2v) is 10.1. The van der Waals surface area contributed by atoms with Crippen LogP contribution in [0.15, 0.2) is 24.3 Å². The molecule has 2 aliphatic heterocycles. The summed E-state index contributed by atoms with van der Waals surface area (Å²) in [4.78, 5) is 2.53. The van der Waals surface area contributed by atoms with E-state index in [1.165, 1.54) is 18.2 Å². The number of aromatic nitrogens is 2. The molecular weight excluding hydrogens is 448 g/mol. The molecule has 9 heteroatoms. The molecule has 5 rings (SSSR count). The van der Waals surface area contributed by atoms with Gasteiger partial charge in [-0.3, -0.25) is 0 Å². The lowest BCUT2D eigenvalue weighted by atomic mass is 10.00. The molecule has 1 saturated carbocycles. The number of benzene rings is 1. The van der Waals surface area contributed by atoms with E-state index in [1.807, 2.05) is 0 Å². The Balaban J connectivity index is 1.26. The van der Waals surface area contributed by atoms with E-state index in [9.17, 15) is 17.6 Å². The average Bonchev–Trinajstić information content (AvgIpc) is 3.32. The first-order chi connectivity index (χ1) is 16.3. The zero-order valence-electron chi connectivity index (χ0n) is 19.2. The highest BCUT2D eigenvalue weighted by Crippen LogP contribution is 2.42. The number of halogens is 4. The number of alkyl halides is 3. The van der Waals surface area contributed by atoms with Gasteiger partial charge in [0.1, 0.15) is 11.4 Å². The van der Waals surface area contributed by atoms with Crippen LogP contribution < -0.4 is 5.32 Å². The number of likely N-dealkylation sites (tertiary alicyclic amines) is 1. The molecule has 0 radical (unpaired) electrons. The molecule has 184 valence electrons. The van der Waals surface area contributed by atoms with Crippen molar-refractivity contribution in [3.05, 3.63) is 41.2 Å². The quantitative estimate of drug-likeness (QED) is 0.602. The van der Waals surface area contributed by atoms with Crippen molar-refractivity contribution in [2.75, 3.05) is 38.2 Å². The maximum Gasteiger partial charge on any atom is 0.420 e. The Hall–Kier alpha value is -2.26. The number of fused-ring (bicyclic) bond motifs is 1. The molecule has 2 atom stereocenters. The van der Waals surface area contributed by atoms with Gasteiger partial charge in [0.25, 0.3) is 0 Å². The number of nitrogens with one attached hydrogen (secondary N) is 1. The minimum absolute atomic E-state index is 0.0472. The van der Waals surface area contributed by atoms with Gasteiger partial charge in [0.15, 0.2) is 5.82 Å². The first-order valence-electron chi connectivity index (χ1n) is 12.0. The standard InChI is InChI=1S/C25H30F4N4O/c1-15-8-19(26)2-3-21(15)23-11-22(25(27,28)29)24(32-31-23)30-20-9-17-13-33(14-18(17)10-20)12-16-4-6-34-7-5-16/h2-3,8,11,16-18,20H,4-7,9-10,12-14H2,1H3,(H,30,32). The molecule has 0 amide bonds. The Morgan fingerprint density at radius 1 is 1.06 bits per heavy atom. The number of hydrogen-bond donors (Lipinski definition) is 1. The second-order valence-electron chi connectivity index (χ2n) is 10.1. The van der Waals surface area contributed by atoms with Crippen molar-refractivity contribution in [2.45, 2.75) is 44.8 Å². The van der Waals surface area contributed by atoms with E-state index < -0.39 is 17.6 Å². The predicted molar refractivity (Wildman–Crippen MR) is 121 cm³/mol. The van der Waals surface area contributed by atoms with Crippen LogP contribution in [0.2, 0.25) is 0 Å². The molecule has 0 spiro atoms. The van der Waals surface area contributed by atoms with Gasteiger partial charge in [-0.1, -0.05) is 0 Å². The molecule has 0 bridgehead atoms. The van der Waals surface area contributed by atoms with Crippen LogP contribution in [0.25, 0.3) is 11.3 Å². The van der Waals surface area contributed by atoms with E-state index in [0.29, 0.717) is 28.9 Å². The number of nitrogens with zero attached hydrogens (tertiary/aromatic N) is 3. The molecule has 34 heavy (non-hydrogen) atoms. The highest BCUT2D eigenvalue weighted by Gasteiger charge is 2.43. The van der Waals surface area contributed by atoms with Crippen LogP contribution in [0.4, 0.5) is 23.4 Å². The van der Waals surface area contributed by atoms with E-state index in [0.717, 1.165) is 64.6 Å². The fourth-order valence-electron chi connectivity index (χ4n) is 5.91. The number of rotatable bonds is 5. The molecule has 1 aliphatic carbocycles. The third-order valence-corrected chi connectivity index (χ3v) is 7.59. The third kappa shape index (κ3) is 5.05. The largest absolute Gasteiger partial charge is 0.420 e. The van der Waals surface area contributed by atoms with Crippen LogP contribution in [-0.2, 0) is 10.9 Å². The lowest BCUT2D eigenvalue weighted by molar-refractivity contribution is -0.137. The van der Waals surface area contributed by atoms with E-state index in [2.05, 4.69) is 20.4 Å². The molecule has 1 N–H and O–H groups in total. The summed E-state index contributed by atoms with van der Waals surface area (Å²) in [6.07, 6.45) is -0.667. The number of hydrogen-bond acceptors (Lipinski definition) is 5. The summed E-state index contributed by atoms with van der Waals surface area (Å²) in [5.74, 6) is 1.03. The van der Waals surface area contributed by atoms with E-state index in [1.54, 1.807) is 6.92 Å². The van der Waals surface area contributed by atoms with Crippen molar-refractivity contribution in [2.24, 2.45) is 17.8 Å².